The summed E-state index contributed by atoms with van der Waals surface area (Å²) in [6.07, 6.45) is 0. The minimum absolute atomic E-state index is 0.0941. The summed E-state index contributed by atoms with van der Waals surface area (Å²) < 4.78 is 5.44. The number of nitrogens with zero attached hydrogens (tertiary/aromatic N) is 2. The van der Waals surface area contributed by atoms with E-state index in [2.05, 4.69) is 5.32 Å². The molecule has 0 saturated heterocycles. The molecule has 0 saturated carbocycles. The molecule has 0 atom stereocenters. The Labute approximate surface area is 155 Å². The third kappa shape index (κ3) is 3.50. The molecule has 138 valence electrons. The van der Waals surface area contributed by atoms with E-state index in [-0.39, 0.29) is 17.0 Å². The highest BCUT2D eigenvalue weighted by Crippen LogP contribution is 2.31. The molecule has 0 fully saturated rings. The number of nitro groups is 1. The molecule has 0 bridgehead atoms. The molecule has 2 amide bonds. The number of hydrogen-bond acceptors (Lipinski definition) is 6. The third-order valence-corrected chi connectivity index (χ3v) is 4.07. The minimum atomic E-state index is -0.524. The summed E-state index contributed by atoms with van der Waals surface area (Å²) in [4.78, 5) is 36.4. The van der Waals surface area contributed by atoms with E-state index < -0.39 is 16.7 Å². The Morgan fingerprint density at radius 1 is 1.11 bits per heavy atom. The first-order chi connectivity index (χ1) is 12.9. The maximum Gasteiger partial charge on any atom is 0.277 e. The number of hydrogen-bond donors (Lipinski definition) is 1. The van der Waals surface area contributed by atoms with Gasteiger partial charge in [0.2, 0.25) is 0 Å². The van der Waals surface area contributed by atoms with Gasteiger partial charge in [0, 0.05) is 30.9 Å². The van der Waals surface area contributed by atoms with Crippen molar-refractivity contribution >= 4 is 28.8 Å². The molecule has 0 unspecified atom stereocenters. The summed E-state index contributed by atoms with van der Waals surface area (Å²) in [6, 6.07) is 12.5. The Hall–Kier alpha value is -3.68. The Morgan fingerprint density at radius 3 is 2.44 bits per heavy atom. The second-order valence-corrected chi connectivity index (χ2v) is 5.81. The second-order valence-electron chi connectivity index (χ2n) is 5.81. The van der Waals surface area contributed by atoms with Crippen LogP contribution in [-0.2, 0) is 9.59 Å². The lowest BCUT2D eigenvalue weighted by Crippen LogP contribution is -2.27. The fourth-order valence-electron chi connectivity index (χ4n) is 2.75. The van der Waals surface area contributed by atoms with Gasteiger partial charge in [0.1, 0.15) is 11.4 Å². The van der Waals surface area contributed by atoms with Crippen LogP contribution in [0.2, 0.25) is 0 Å². The highest BCUT2D eigenvalue weighted by Gasteiger charge is 2.36. The average Bonchev–Trinajstić information content (AvgIpc) is 2.86. The highest BCUT2D eigenvalue weighted by atomic mass is 16.6. The standard InChI is InChI=1S/C19H17N3O5/c1-3-27-15-6-4-5-13(11-15)20-17-16(18(23)21(2)19(17)24)12-7-9-14(10-8-12)22(25)26/h4-11,20H,3H2,1-2H3. The van der Waals surface area contributed by atoms with Crippen LogP contribution in [0.15, 0.2) is 54.2 Å². The SMILES string of the molecule is CCOc1cccc(NC2=C(c3ccc([N+](=O)[O-])cc3)C(=O)N(C)C2=O)c1. The van der Waals surface area contributed by atoms with E-state index in [4.69, 9.17) is 4.74 Å². The number of rotatable bonds is 6. The van der Waals surface area contributed by atoms with Crippen molar-refractivity contribution in [2.24, 2.45) is 0 Å². The molecule has 0 spiro atoms. The number of imide groups is 1. The number of ether oxygens (including phenoxy) is 1. The zero-order valence-corrected chi connectivity index (χ0v) is 14.8. The minimum Gasteiger partial charge on any atom is -0.494 e. The molecule has 1 aliphatic rings. The Kier molecular flexibility index (Phi) is 4.89. The van der Waals surface area contributed by atoms with Crippen LogP contribution in [0, 0.1) is 10.1 Å². The van der Waals surface area contributed by atoms with E-state index >= 15 is 0 Å². The lowest BCUT2D eigenvalue weighted by molar-refractivity contribution is -0.384. The van der Waals surface area contributed by atoms with Crippen LogP contribution in [0.25, 0.3) is 5.57 Å². The number of carbonyl (C=O) groups excluding carboxylic acids is 2. The molecule has 0 aromatic heterocycles. The molecule has 27 heavy (non-hydrogen) atoms. The molecular formula is C19H17N3O5. The highest BCUT2D eigenvalue weighted by molar-refractivity contribution is 6.36. The Morgan fingerprint density at radius 2 is 1.81 bits per heavy atom. The summed E-state index contributed by atoms with van der Waals surface area (Å²) in [5, 5.41) is 13.8. The van der Waals surface area contributed by atoms with Gasteiger partial charge in [-0.05, 0) is 36.8 Å². The van der Waals surface area contributed by atoms with Crippen LogP contribution in [0.1, 0.15) is 12.5 Å². The van der Waals surface area contributed by atoms with Crippen molar-refractivity contribution in [3.63, 3.8) is 0 Å². The van der Waals surface area contributed by atoms with Crippen LogP contribution in [0.5, 0.6) is 5.75 Å². The molecule has 0 aliphatic carbocycles. The van der Waals surface area contributed by atoms with Gasteiger partial charge in [-0.25, -0.2) is 0 Å². The number of likely N-dealkylation sites (N-methyl/N-ethyl adjacent to an activating group) is 1. The van der Waals surface area contributed by atoms with E-state index in [0.717, 1.165) is 4.90 Å². The zero-order valence-electron chi connectivity index (χ0n) is 14.8. The summed E-state index contributed by atoms with van der Waals surface area (Å²) >= 11 is 0. The van der Waals surface area contributed by atoms with Crippen molar-refractivity contribution in [1.29, 1.82) is 0 Å². The number of benzene rings is 2. The predicted molar refractivity (Wildman–Crippen MR) is 99.0 cm³/mol. The van der Waals surface area contributed by atoms with Crippen LogP contribution >= 0.6 is 0 Å². The molecule has 2 aromatic rings. The fourth-order valence-corrected chi connectivity index (χ4v) is 2.75. The van der Waals surface area contributed by atoms with E-state index in [9.17, 15) is 19.7 Å². The lowest BCUT2D eigenvalue weighted by atomic mass is 10.0. The van der Waals surface area contributed by atoms with Gasteiger partial charge in [-0.2, -0.15) is 0 Å². The molecule has 0 radical (unpaired) electrons. The second kappa shape index (κ2) is 7.28. The molecule has 1 aliphatic heterocycles. The van der Waals surface area contributed by atoms with Crippen molar-refractivity contribution in [3.8, 4) is 5.75 Å². The van der Waals surface area contributed by atoms with Crippen molar-refractivity contribution in [2.45, 2.75) is 6.92 Å². The number of carbonyl (C=O) groups is 2. The fraction of sp³-hybridized carbons (Fsp3) is 0.158. The van der Waals surface area contributed by atoms with Gasteiger partial charge >= 0.3 is 0 Å². The van der Waals surface area contributed by atoms with Gasteiger partial charge in [0.15, 0.2) is 0 Å². The third-order valence-electron chi connectivity index (χ3n) is 4.07. The molecule has 8 nitrogen and oxygen atoms in total. The molecule has 2 aromatic carbocycles. The van der Waals surface area contributed by atoms with E-state index in [1.54, 1.807) is 24.3 Å². The summed E-state index contributed by atoms with van der Waals surface area (Å²) in [5.41, 5.74) is 1.20. The van der Waals surface area contributed by atoms with Crippen molar-refractivity contribution in [2.75, 3.05) is 19.0 Å². The lowest BCUT2D eigenvalue weighted by Gasteiger charge is -2.10. The van der Waals surface area contributed by atoms with E-state index in [1.807, 2.05) is 6.92 Å². The molecule has 1 heterocycles. The smallest absolute Gasteiger partial charge is 0.277 e. The van der Waals surface area contributed by atoms with Gasteiger partial charge in [0.25, 0.3) is 17.5 Å². The molecule has 3 rings (SSSR count). The first-order valence-corrected chi connectivity index (χ1v) is 8.23. The molecular weight excluding hydrogens is 350 g/mol. The maximum absolute atomic E-state index is 12.6. The average molecular weight is 367 g/mol. The summed E-state index contributed by atoms with van der Waals surface area (Å²) in [7, 11) is 1.39. The molecule has 1 N–H and O–H groups in total. The first kappa shape index (κ1) is 18.1. The maximum atomic E-state index is 12.6. The Balaban J connectivity index is 2.02. The zero-order chi connectivity index (χ0) is 19.6. The first-order valence-electron chi connectivity index (χ1n) is 8.23. The summed E-state index contributed by atoms with van der Waals surface area (Å²) in [5.74, 6) is -0.322. The van der Waals surface area contributed by atoms with E-state index in [1.165, 1.54) is 31.3 Å². The van der Waals surface area contributed by atoms with Gasteiger partial charge in [-0.1, -0.05) is 6.07 Å². The van der Waals surface area contributed by atoms with Gasteiger partial charge in [0.05, 0.1) is 17.1 Å². The Bertz CT molecular complexity index is 950. The number of nitro benzene ring substituents is 1. The summed E-state index contributed by atoms with van der Waals surface area (Å²) in [6.45, 7) is 2.36. The topological polar surface area (TPSA) is 102 Å². The van der Waals surface area contributed by atoms with Crippen LogP contribution in [0.3, 0.4) is 0 Å². The molecule has 8 heteroatoms. The monoisotopic (exact) mass is 367 g/mol. The normalized spacial score (nSPS) is 13.9. The quantitative estimate of drug-likeness (QED) is 0.478. The number of non-ortho nitro benzene ring substituents is 1. The van der Waals surface area contributed by atoms with Crippen LogP contribution < -0.4 is 10.1 Å². The van der Waals surface area contributed by atoms with Gasteiger partial charge in [-0.3, -0.25) is 24.6 Å². The van der Waals surface area contributed by atoms with Crippen molar-refractivity contribution in [3.05, 3.63) is 69.9 Å². The van der Waals surface area contributed by atoms with E-state index in [0.29, 0.717) is 23.6 Å². The number of amides is 2. The van der Waals surface area contributed by atoms with Crippen LogP contribution in [-0.4, -0.2) is 35.3 Å². The largest absolute Gasteiger partial charge is 0.494 e. The van der Waals surface area contributed by atoms with Crippen molar-refractivity contribution < 1.29 is 19.2 Å². The number of anilines is 1. The predicted octanol–water partition coefficient (Wildman–Crippen LogP) is 2.82. The van der Waals surface area contributed by atoms with Crippen LogP contribution in [0.4, 0.5) is 11.4 Å². The van der Waals surface area contributed by atoms with Gasteiger partial charge < -0.3 is 10.1 Å². The van der Waals surface area contributed by atoms with Crippen molar-refractivity contribution in [1.82, 2.24) is 4.90 Å². The van der Waals surface area contributed by atoms with Gasteiger partial charge in [-0.15, -0.1) is 0 Å². The number of nitrogens with one attached hydrogen (secondary N) is 1.